The molecule has 0 amide bonds. The summed E-state index contributed by atoms with van der Waals surface area (Å²) < 4.78 is 0. The Morgan fingerprint density at radius 1 is 0.773 bits per heavy atom. The fraction of sp³-hybridized carbons (Fsp3) is 0.150. The van der Waals surface area contributed by atoms with Gasteiger partial charge in [0, 0.05) is 6.42 Å². The molecule has 0 aliphatic heterocycles. The van der Waals surface area contributed by atoms with Crippen LogP contribution in [0.4, 0.5) is 0 Å². The predicted octanol–water partition coefficient (Wildman–Crippen LogP) is 5.46. The van der Waals surface area contributed by atoms with Crippen LogP contribution < -0.4 is 0 Å². The van der Waals surface area contributed by atoms with Gasteiger partial charge in [0.05, 0.1) is 0 Å². The Kier molecular flexibility index (Phi) is 3.92. The number of carboxylic acids is 1. The van der Waals surface area contributed by atoms with E-state index in [1.807, 2.05) is 6.92 Å². The van der Waals surface area contributed by atoms with E-state index in [-0.39, 0.29) is 0 Å². The number of carboxylic acid groups (broad SMARTS) is 1. The van der Waals surface area contributed by atoms with Crippen molar-refractivity contribution in [2.75, 3.05) is 0 Å². The predicted molar refractivity (Wildman–Crippen MR) is 92.7 cm³/mol. The number of rotatable bonds is 2. The summed E-state index contributed by atoms with van der Waals surface area (Å²) in [7, 11) is 0. The van der Waals surface area contributed by atoms with Crippen LogP contribution in [0.25, 0.3) is 32.3 Å². The average molecular weight is 290 g/mol. The molecular weight excluding hydrogens is 272 g/mol. The summed E-state index contributed by atoms with van der Waals surface area (Å²) in [6, 6.07) is 21.9. The molecule has 1 N–H and O–H groups in total. The van der Waals surface area contributed by atoms with E-state index < -0.39 is 5.97 Å². The molecule has 0 spiro atoms. The Morgan fingerprint density at radius 2 is 1.14 bits per heavy atom. The van der Waals surface area contributed by atoms with E-state index in [9.17, 15) is 4.79 Å². The van der Waals surface area contributed by atoms with E-state index in [1.54, 1.807) is 0 Å². The quantitative estimate of drug-likeness (QED) is 0.498. The molecule has 4 rings (SSSR count). The molecule has 110 valence electrons. The summed E-state index contributed by atoms with van der Waals surface area (Å²) in [5.74, 6) is -0.711. The van der Waals surface area contributed by atoms with Gasteiger partial charge in [-0.1, -0.05) is 67.6 Å². The fourth-order valence-corrected chi connectivity index (χ4v) is 2.88. The maximum absolute atomic E-state index is 9.60. The van der Waals surface area contributed by atoms with Gasteiger partial charge in [-0.15, -0.1) is 0 Å². The van der Waals surface area contributed by atoms with Gasteiger partial charge in [0.25, 0.3) is 0 Å². The van der Waals surface area contributed by atoms with E-state index in [1.165, 1.54) is 32.3 Å². The van der Waals surface area contributed by atoms with Crippen molar-refractivity contribution in [1.29, 1.82) is 0 Å². The standard InChI is InChI=1S/C16H10.C4H8O2/c1-3-11-7-9-13-5-2-6-14-10-8-12(4-1)15(11)16(13)14;1-2-3-4(5)6/h1-10H;2-3H2,1H3,(H,5,6). The van der Waals surface area contributed by atoms with Crippen LogP contribution in [0, 0.1) is 0 Å². The molecule has 0 aromatic heterocycles. The van der Waals surface area contributed by atoms with E-state index >= 15 is 0 Å². The van der Waals surface area contributed by atoms with Crippen molar-refractivity contribution in [1.82, 2.24) is 0 Å². The molecule has 0 saturated carbocycles. The zero-order chi connectivity index (χ0) is 15.5. The molecule has 0 saturated heterocycles. The number of carbonyl (C=O) groups is 1. The highest BCUT2D eigenvalue weighted by Gasteiger charge is 2.05. The summed E-state index contributed by atoms with van der Waals surface area (Å²) in [5.41, 5.74) is 0. The van der Waals surface area contributed by atoms with Crippen molar-refractivity contribution in [2.45, 2.75) is 19.8 Å². The lowest BCUT2D eigenvalue weighted by Crippen LogP contribution is -1.90. The van der Waals surface area contributed by atoms with Crippen molar-refractivity contribution in [3.8, 4) is 0 Å². The third-order valence-corrected chi connectivity index (χ3v) is 3.86. The normalized spacial score (nSPS) is 10.8. The highest BCUT2D eigenvalue weighted by molar-refractivity contribution is 6.22. The zero-order valence-electron chi connectivity index (χ0n) is 12.5. The van der Waals surface area contributed by atoms with Crippen LogP contribution in [0.1, 0.15) is 19.8 Å². The monoisotopic (exact) mass is 290 g/mol. The lowest BCUT2D eigenvalue weighted by atomic mass is 9.95. The third kappa shape index (κ3) is 2.60. The highest BCUT2D eigenvalue weighted by atomic mass is 16.4. The number of aliphatic carboxylic acids is 1. The lowest BCUT2D eigenvalue weighted by molar-refractivity contribution is -0.137. The Labute approximate surface area is 129 Å². The molecule has 0 aliphatic rings. The second-order valence-electron chi connectivity index (χ2n) is 5.43. The number of hydrogen-bond acceptors (Lipinski definition) is 1. The van der Waals surface area contributed by atoms with Crippen LogP contribution in [-0.4, -0.2) is 11.1 Å². The van der Waals surface area contributed by atoms with Crippen molar-refractivity contribution in [3.05, 3.63) is 60.7 Å². The first-order valence-corrected chi connectivity index (χ1v) is 7.55. The Bertz CT molecular complexity index is 795. The van der Waals surface area contributed by atoms with E-state index in [4.69, 9.17) is 5.11 Å². The smallest absolute Gasteiger partial charge is 0.303 e. The van der Waals surface area contributed by atoms with Gasteiger partial charge in [-0.2, -0.15) is 0 Å². The van der Waals surface area contributed by atoms with Crippen LogP contribution in [0.2, 0.25) is 0 Å². The summed E-state index contributed by atoms with van der Waals surface area (Å²) in [6.07, 6.45) is 1.02. The van der Waals surface area contributed by atoms with Gasteiger partial charge in [0.2, 0.25) is 0 Å². The van der Waals surface area contributed by atoms with Crippen molar-refractivity contribution >= 4 is 38.3 Å². The fourth-order valence-electron chi connectivity index (χ4n) is 2.88. The third-order valence-electron chi connectivity index (χ3n) is 3.86. The summed E-state index contributed by atoms with van der Waals surface area (Å²) in [4.78, 5) is 9.60. The first kappa shape index (κ1) is 14.3. The largest absolute Gasteiger partial charge is 0.481 e. The number of benzene rings is 4. The van der Waals surface area contributed by atoms with Gasteiger partial charge < -0.3 is 5.11 Å². The van der Waals surface area contributed by atoms with Gasteiger partial charge >= 0.3 is 5.97 Å². The van der Waals surface area contributed by atoms with E-state index in [2.05, 4.69) is 60.7 Å². The molecule has 4 aromatic rings. The molecule has 2 heteroatoms. The summed E-state index contributed by atoms with van der Waals surface area (Å²) in [5, 5.41) is 16.1. The second-order valence-corrected chi connectivity index (χ2v) is 5.43. The molecule has 0 heterocycles. The van der Waals surface area contributed by atoms with Gasteiger partial charge in [-0.25, -0.2) is 0 Å². The number of hydrogen-bond donors (Lipinski definition) is 1. The maximum atomic E-state index is 9.60. The highest BCUT2D eigenvalue weighted by Crippen LogP contribution is 2.33. The van der Waals surface area contributed by atoms with Crippen LogP contribution in [0.3, 0.4) is 0 Å². The van der Waals surface area contributed by atoms with Gasteiger partial charge in [0.15, 0.2) is 0 Å². The minimum absolute atomic E-state index is 0.292. The topological polar surface area (TPSA) is 37.3 Å². The van der Waals surface area contributed by atoms with Gasteiger partial charge in [-0.3, -0.25) is 4.79 Å². The van der Waals surface area contributed by atoms with E-state index in [0.717, 1.165) is 6.42 Å². The first-order chi connectivity index (χ1) is 10.7. The molecule has 0 atom stereocenters. The maximum Gasteiger partial charge on any atom is 0.303 e. The molecule has 0 unspecified atom stereocenters. The lowest BCUT2D eigenvalue weighted by Gasteiger charge is -2.09. The van der Waals surface area contributed by atoms with Crippen LogP contribution in [0.15, 0.2) is 60.7 Å². The minimum Gasteiger partial charge on any atom is -0.481 e. The molecule has 4 aromatic carbocycles. The SMILES string of the molecule is CCCC(=O)O.c1cc2ccc3cccc4ccc(c1)c2c34. The van der Waals surface area contributed by atoms with Crippen LogP contribution >= 0.6 is 0 Å². The molecular formula is C20H18O2. The molecule has 22 heavy (non-hydrogen) atoms. The molecule has 0 radical (unpaired) electrons. The molecule has 0 aliphatic carbocycles. The molecule has 2 nitrogen and oxygen atoms in total. The second kappa shape index (κ2) is 6.02. The zero-order valence-corrected chi connectivity index (χ0v) is 12.5. The minimum atomic E-state index is -0.711. The molecule has 0 fully saturated rings. The van der Waals surface area contributed by atoms with Crippen LogP contribution in [0.5, 0.6) is 0 Å². The Hall–Kier alpha value is -2.61. The Morgan fingerprint density at radius 3 is 1.36 bits per heavy atom. The van der Waals surface area contributed by atoms with E-state index in [0.29, 0.717) is 6.42 Å². The van der Waals surface area contributed by atoms with Crippen molar-refractivity contribution in [2.24, 2.45) is 0 Å². The Balaban J connectivity index is 0.000000209. The van der Waals surface area contributed by atoms with Crippen molar-refractivity contribution in [3.63, 3.8) is 0 Å². The van der Waals surface area contributed by atoms with Crippen LogP contribution in [-0.2, 0) is 4.79 Å². The van der Waals surface area contributed by atoms with Crippen molar-refractivity contribution < 1.29 is 9.90 Å². The first-order valence-electron chi connectivity index (χ1n) is 7.55. The summed E-state index contributed by atoms with van der Waals surface area (Å²) >= 11 is 0. The molecule has 0 bridgehead atoms. The van der Waals surface area contributed by atoms with Gasteiger partial charge in [0.1, 0.15) is 0 Å². The summed E-state index contributed by atoms with van der Waals surface area (Å²) in [6.45, 7) is 1.84. The van der Waals surface area contributed by atoms with Gasteiger partial charge in [-0.05, 0) is 38.7 Å². The average Bonchev–Trinajstić information content (AvgIpc) is 2.53.